The molecule has 2 aromatic heterocycles. The van der Waals surface area contributed by atoms with Gasteiger partial charge in [0, 0.05) is 18.7 Å². The van der Waals surface area contributed by atoms with Crippen LogP contribution in [0.15, 0.2) is 46.2 Å². The maximum absolute atomic E-state index is 5.95. The first-order valence-corrected chi connectivity index (χ1v) is 9.43. The van der Waals surface area contributed by atoms with Crippen molar-refractivity contribution >= 4 is 11.3 Å². The normalized spacial score (nSPS) is 18.4. The quantitative estimate of drug-likeness (QED) is 0.687. The lowest BCUT2D eigenvalue weighted by molar-refractivity contribution is 0.184. The number of hydrogen-bond donors (Lipinski definition) is 0. The standard InChI is InChI=1S/C19H21N3O2S/c1-23-16-8-3-2-6-14(16)12-22-10-4-7-15(13-22)18-20-21-19(24-18)17-9-5-11-25-17/h2-3,5-6,8-9,11,15H,4,7,10,12-13H2,1H3/t15-/m1/s1. The van der Waals surface area contributed by atoms with Crippen LogP contribution in [-0.4, -0.2) is 35.3 Å². The van der Waals surface area contributed by atoms with Crippen LogP contribution in [0.1, 0.15) is 30.2 Å². The Balaban J connectivity index is 1.46. The van der Waals surface area contributed by atoms with Crippen LogP contribution in [0.5, 0.6) is 5.75 Å². The third kappa shape index (κ3) is 3.60. The van der Waals surface area contributed by atoms with Crippen LogP contribution < -0.4 is 4.74 Å². The van der Waals surface area contributed by atoms with Crippen LogP contribution in [-0.2, 0) is 6.54 Å². The van der Waals surface area contributed by atoms with Gasteiger partial charge in [-0.05, 0) is 36.9 Å². The molecular formula is C19H21N3O2S. The van der Waals surface area contributed by atoms with Crippen molar-refractivity contribution in [3.8, 4) is 16.5 Å². The fraction of sp³-hybridized carbons (Fsp3) is 0.368. The second-order valence-electron chi connectivity index (χ2n) is 6.31. The molecule has 1 aliphatic rings. The van der Waals surface area contributed by atoms with E-state index in [1.807, 2.05) is 29.6 Å². The summed E-state index contributed by atoms with van der Waals surface area (Å²) >= 11 is 1.62. The molecule has 1 aliphatic heterocycles. The summed E-state index contributed by atoms with van der Waals surface area (Å²) in [7, 11) is 1.72. The van der Waals surface area contributed by atoms with Gasteiger partial charge in [-0.25, -0.2) is 0 Å². The SMILES string of the molecule is COc1ccccc1CN1CCC[C@@H](c2nnc(-c3cccs3)o2)C1. The van der Waals surface area contributed by atoms with Crippen LogP contribution in [0.25, 0.3) is 10.8 Å². The minimum Gasteiger partial charge on any atom is -0.496 e. The van der Waals surface area contributed by atoms with Crippen molar-refractivity contribution in [2.45, 2.75) is 25.3 Å². The molecule has 1 fully saturated rings. The summed E-state index contributed by atoms with van der Waals surface area (Å²) in [5.41, 5.74) is 1.22. The van der Waals surface area contributed by atoms with E-state index in [-0.39, 0.29) is 0 Å². The molecule has 0 amide bonds. The van der Waals surface area contributed by atoms with Gasteiger partial charge < -0.3 is 9.15 Å². The van der Waals surface area contributed by atoms with Crippen LogP contribution >= 0.6 is 11.3 Å². The van der Waals surface area contributed by atoms with E-state index in [4.69, 9.17) is 9.15 Å². The number of thiophene rings is 1. The van der Waals surface area contributed by atoms with Crippen LogP contribution in [0.2, 0.25) is 0 Å². The Morgan fingerprint density at radius 2 is 2.16 bits per heavy atom. The number of rotatable bonds is 5. The Labute approximate surface area is 151 Å². The lowest BCUT2D eigenvalue weighted by atomic mass is 9.97. The van der Waals surface area contributed by atoms with E-state index in [1.165, 1.54) is 5.56 Å². The van der Waals surface area contributed by atoms with Crippen molar-refractivity contribution < 1.29 is 9.15 Å². The van der Waals surface area contributed by atoms with E-state index in [0.717, 1.165) is 49.0 Å². The molecule has 6 heteroatoms. The van der Waals surface area contributed by atoms with Crippen LogP contribution in [0, 0.1) is 0 Å². The Hall–Kier alpha value is -2.18. The minimum atomic E-state index is 0.296. The molecule has 0 saturated carbocycles. The fourth-order valence-electron chi connectivity index (χ4n) is 3.37. The van der Waals surface area contributed by atoms with Gasteiger partial charge in [-0.15, -0.1) is 21.5 Å². The predicted molar refractivity (Wildman–Crippen MR) is 97.9 cm³/mol. The zero-order valence-electron chi connectivity index (χ0n) is 14.2. The second-order valence-corrected chi connectivity index (χ2v) is 7.26. The molecule has 0 N–H and O–H groups in total. The topological polar surface area (TPSA) is 51.4 Å². The molecule has 1 atom stereocenters. The van der Waals surface area contributed by atoms with Gasteiger partial charge in [0.1, 0.15) is 5.75 Å². The van der Waals surface area contributed by atoms with Crippen LogP contribution in [0.4, 0.5) is 0 Å². The number of ether oxygens (including phenoxy) is 1. The number of piperidine rings is 1. The smallest absolute Gasteiger partial charge is 0.257 e. The van der Waals surface area contributed by atoms with E-state index in [1.54, 1.807) is 18.4 Å². The summed E-state index contributed by atoms with van der Waals surface area (Å²) in [5, 5.41) is 10.6. The minimum absolute atomic E-state index is 0.296. The van der Waals surface area contributed by atoms with Crippen molar-refractivity contribution in [3.63, 3.8) is 0 Å². The molecule has 3 aromatic rings. The molecule has 5 nitrogen and oxygen atoms in total. The summed E-state index contributed by atoms with van der Waals surface area (Å²) in [6.07, 6.45) is 2.23. The summed E-state index contributed by atoms with van der Waals surface area (Å²) in [4.78, 5) is 3.47. The number of para-hydroxylation sites is 1. The average Bonchev–Trinajstić information content (AvgIpc) is 3.34. The molecule has 0 bridgehead atoms. The zero-order chi connectivity index (χ0) is 17.1. The number of aromatic nitrogens is 2. The van der Waals surface area contributed by atoms with E-state index in [9.17, 15) is 0 Å². The summed E-state index contributed by atoms with van der Waals surface area (Å²) in [6.45, 7) is 2.90. The van der Waals surface area contributed by atoms with Gasteiger partial charge in [-0.1, -0.05) is 24.3 Å². The molecule has 0 spiro atoms. The first-order chi connectivity index (χ1) is 12.3. The van der Waals surface area contributed by atoms with Crippen molar-refractivity contribution in [3.05, 3.63) is 53.2 Å². The molecular weight excluding hydrogens is 334 g/mol. The van der Waals surface area contributed by atoms with Gasteiger partial charge >= 0.3 is 0 Å². The Morgan fingerprint density at radius 1 is 1.24 bits per heavy atom. The maximum atomic E-state index is 5.95. The molecule has 4 rings (SSSR count). The van der Waals surface area contributed by atoms with E-state index in [2.05, 4.69) is 27.2 Å². The van der Waals surface area contributed by atoms with E-state index < -0.39 is 0 Å². The Morgan fingerprint density at radius 3 is 3.00 bits per heavy atom. The highest BCUT2D eigenvalue weighted by molar-refractivity contribution is 7.13. The largest absolute Gasteiger partial charge is 0.496 e. The maximum Gasteiger partial charge on any atom is 0.257 e. The molecule has 130 valence electrons. The summed E-state index contributed by atoms with van der Waals surface area (Å²) in [6, 6.07) is 12.2. The summed E-state index contributed by atoms with van der Waals surface area (Å²) in [5.74, 6) is 2.63. The second kappa shape index (κ2) is 7.37. The van der Waals surface area contributed by atoms with Gasteiger partial charge in [0.2, 0.25) is 5.89 Å². The predicted octanol–water partition coefficient (Wildman–Crippen LogP) is 4.19. The average molecular weight is 355 g/mol. The van der Waals surface area contributed by atoms with Gasteiger partial charge in [-0.2, -0.15) is 0 Å². The van der Waals surface area contributed by atoms with Gasteiger partial charge in [0.05, 0.1) is 17.9 Å². The Bertz CT molecular complexity index is 816. The molecule has 3 heterocycles. The van der Waals surface area contributed by atoms with E-state index in [0.29, 0.717) is 11.8 Å². The number of hydrogen-bond acceptors (Lipinski definition) is 6. The highest BCUT2D eigenvalue weighted by Gasteiger charge is 2.26. The number of methoxy groups -OCH3 is 1. The third-order valence-electron chi connectivity index (χ3n) is 4.61. The molecule has 25 heavy (non-hydrogen) atoms. The third-order valence-corrected chi connectivity index (χ3v) is 5.47. The van der Waals surface area contributed by atoms with Crippen LogP contribution in [0.3, 0.4) is 0 Å². The highest BCUT2D eigenvalue weighted by atomic mass is 32.1. The van der Waals surface area contributed by atoms with E-state index >= 15 is 0 Å². The molecule has 0 aliphatic carbocycles. The zero-order valence-corrected chi connectivity index (χ0v) is 15.0. The van der Waals surface area contributed by atoms with Crippen molar-refractivity contribution in [2.75, 3.05) is 20.2 Å². The molecule has 1 aromatic carbocycles. The number of likely N-dealkylation sites (tertiary alicyclic amines) is 1. The lowest BCUT2D eigenvalue weighted by Gasteiger charge is -2.31. The molecule has 0 unspecified atom stereocenters. The van der Waals surface area contributed by atoms with Gasteiger partial charge in [-0.3, -0.25) is 4.90 Å². The number of benzene rings is 1. The van der Waals surface area contributed by atoms with Crippen molar-refractivity contribution in [2.24, 2.45) is 0 Å². The Kier molecular flexibility index (Phi) is 4.81. The monoisotopic (exact) mass is 355 g/mol. The molecule has 0 radical (unpaired) electrons. The number of nitrogens with zero attached hydrogens (tertiary/aromatic N) is 3. The van der Waals surface area contributed by atoms with Gasteiger partial charge in [0.15, 0.2) is 0 Å². The van der Waals surface area contributed by atoms with Gasteiger partial charge in [0.25, 0.3) is 5.89 Å². The van der Waals surface area contributed by atoms with Crippen molar-refractivity contribution in [1.29, 1.82) is 0 Å². The first kappa shape index (κ1) is 16.3. The first-order valence-electron chi connectivity index (χ1n) is 8.55. The highest BCUT2D eigenvalue weighted by Crippen LogP contribution is 2.31. The summed E-state index contributed by atoms with van der Waals surface area (Å²) < 4.78 is 11.4. The lowest BCUT2D eigenvalue weighted by Crippen LogP contribution is -2.34. The van der Waals surface area contributed by atoms with Crippen molar-refractivity contribution in [1.82, 2.24) is 15.1 Å². The molecule has 1 saturated heterocycles. The fourth-order valence-corrected chi connectivity index (χ4v) is 4.02.